The lowest BCUT2D eigenvalue weighted by Crippen LogP contribution is -2.52. The molecule has 0 N–H and O–H groups in total. The number of nitrogens with zero attached hydrogens (tertiary/aromatic N) is 2. The highest BCUT2D eigenvalue weighted by molar-refractivity contribution is 9.10. The van der Waals surface area contributed by atoms with Gasteiger partial charge in [-0.15, -0.1) is 0 Å². The van der Waals surface area contributed by atoms with E-state index in [9.17, 15) is 14.4 Å². The highest BCUT2D eigenvalue weighted by Crippen LogP contribution is 2.50. The molecule has 0 saturated carbocycles. The van der Waals surface area contributed by atoms with Crippen molar-refractivity contribution in [3.05, 3.63) is 34.3 Å². The van der Waals surface area contributed by atoms with E-state index in [-0.39, 0.29) is 29.7 Å². The molecule has 2 amide bonds. The maximum Gasteiger partial charge on any atom is 0.235 e. The number of likely N-dealkylation sites (tertiary alicyclic amines) is 1. The van der Waals surface area contributed by atoms with E-state index in [4.69, 9.17) is 4.74 Å². The normalized spacial score (nSPS) is 31.8. The summed E-state index contributed by atoms with van der Waals surface area (Å²) >= 11 is 3.51. The summed E-state index contributed by atoms with van der Waals surface area (Å²) in [5, 5.41) is 0. The van der Waals surface area contributed by atoms with Crippen LogP contribution in [0.5, 0.6) is 0 Å². The van der Waals surface area contributed by atoms with Crippen LogP contribution >= 0.6 is 15.9 Å². The average molecular weight is 487 g/mol. The van der Waals surface area contributed by atoms with Gasteiger partial charge in [0.15, 0.2) is 5.78 Å². The van der Waals surface area contributed by atoms with Crippen molar-refractivity contribution in [3.63, 3.8) is 0 Å². The first-order valence-electron chi connectivity index (χ1n) is 11.0. The van der Waals surface area contributed by atoms with Crippen LogP contribution in [0.25, 0.3) is 6.08 Å². The van der Waals surface area contributed by atoms with Crippen molar-refractivity contribution in [1.29, 1.82) is 0 Å². The van der Waals surface area contributed by atoms with E-state index in [1.54, 1.807) is 0 Å². The number of hydrogen-bond donors (Lipinski definition) is 0. The summed E-state index contributed by atoms with van der Waals surface area (Å²) in [5.74, 6) is -1.61. The molecule has 1 aromatic carbocycles. The van der Waals surface area contributed by atoms with Crippen LogP contribution in [0.3, 0.4) is 0 Å². The Morgan fingerprint density at radius 2 is 1.94 bits per heavy atom. The monoisotopic (exact) mass is 486 g/mol. The van der Waals surface area contributed by atoms with E-state index in [1.807, 2.05) is 56.0 Å². The fourth-order valence-corrected chi connectivity index (χ4v) is 5.90. The van der Waals surface area contributed by atoms with Crippen molar-refractivity contribution in [3.8, 4) is 0 Å². The molecule has 3 saturated heterocycles. The van der Waals surface area contributed by atoms with Crippen molar-refractivity contribution in [2.45, 2.75) is 51.8 Å². The number of halogens is 1. The van der Waals surface area contributed by atoms with Crippen molar-refractivity contribution in [1.82, 2.24) is 4.90 Å². The van der Waals surface area contributed by atoms with Crippen molar-refractivity contribution < 1.29 is 19.1 Å². The zero-order valence-corrected chi connectivity index (χ0v) is 19.6. The Morgan fingerprint density at radius 3 is 2.61 bits per heavy atom. The fraction of sp³-hybridized carbons (Fsp3) is 0.542. The van der Waals surface area contributed by atoms with E-state index in [1.165, 1.54) is 4.90 Å². The molecule has 1 aromatic rings. The predicted octanol–water partition coefficient (Wildman–Crippen LogP) is 3.43. The number of carbonyl (C=O) groups is 3. The SMILES string of the molecule is CC(C)(C)C(=O)[C@@H]1[C@@H]2C(=O)N(C[C@@H]3CCCO3)C(=O)[C@@H]2[C@@H]2C=Cc3cc(Br)ccc3N12. The van der Waals surface area contributed by atoms with Crippen molar-refractivity contribution in [2.75, 3.05) is 18.1 Å². The number of ketones is 1. The lowest BCUT2D eigenvalue weighted by molar-refractivity contribution is -0.143. The summed E-state index contributed by atoms with van der Waals surface area (Å²) in [6.07, 6.45) is 5.70. The largest absolute Gasteiger partial charge is 0.376 e. The van der Waals surface area contributed by atoms with Crippen molar-refractivity contribution >= 4 is 45.3 Å². The van der Waals surface area contributed by atoms with Crippen LogP contribution in [0.15, 0.2) is 28.7 Å². The Labute approximate surface area is 190 Å². The second-order valence-corrected chi connectivity index (χ2v) is 10.9. The van der Waals surface area contributed by atoms with Crippen LogP contribution in [0.2, 0.25) is 0 Å². The maximum absolute atomic E-state index is 13.7. The van der Waals surface area contributed by atoms with Gasteiger partial charge in [0.25, 0.3) is 0 Å². The number of amides is 2. The molecule has 0 aromatic heterocycles. The van der Waals surface area contributed by atoms with Crippen LogP contribution in [-0.2, 0) is 19.1 Å². The number of ether oxygens (including phenoxy) is 1. The van der Waals surface area contributed by atoms with Gasteiger partial charge in [0, 0.05) is 22.2 Å². The highest BCUT2D eigenvalue weighted by atomic mass is 79.9. The maximum atomic E-state index is 13.7. The Morgan fingerprint density at radius 1 is 1.19 bits per heavy atom. The Hall–Kier alpha value is -1.99. The van der Waals surface area contributed by atoms with Gasteiger partial charge in [-0.1, -0.05) is 48.9 Å². The molecule has 4 aliphatic rings. The zero-order chi connectivity index (χ0) is 22.1. The molecule has 4 heterocycles. The molecule has 6 nitrogen and oxygen atoms in total. The number of benzene rings is 1. The van der Waals surface area contributed by atoms with E-state index in [2.05, 4.69) is 15.9 Å². The topological polar surface area (TPSA) is 66.9 Å². The van der Waals surface area contributed by atoms with Gasteiger partial charge in [-0.25, -0.2) is 0 Å². The Balaban J connectivity index is 1.58. The van der Waals surface area contributed by atoms with Gasteiger partial charge >= 0.3 is 0 Å². The first kappa shape index (κ1) is 20.9. The lowest BCUT2D eigenvalue weighted by Gasteiger charge is -2.38. The van der Waals surface area contributed by atoms with E-state index >= 15 is 0 Å². The molecule has 4 aliphatic heterocycles. The molecular formula is C24H27BrN2O4. The number of Topliss-reactive ketones (excluding diaryl/α,β-unsaturated/α-hetero) is 1. The molecule has 3 fully saturated rings. The Bertz CT molecular complexity index is 992. The third-order valence-electron chi connectivity index (χ3n) is 6.98. The average Bonchev–Trinajstić information content (AvgIpc) is 3.40. The minimum Gasteiger partial charge on any atom is -0.376 e. The fourth-order valence-electron chi connectivity index (χ4n) is 5.52. The molecule has 31 heavy (non-hydrogen) atoms. The van der Waals surface area contributed by atoms with Crippen LogP contribution in [0.1, 0.15) is 39.2 Å². The molecule has 0 aliphatic carbocycles. The zero-order valence-electron chi connectivity index (χ0n) is 18.0. The predicted molar refractivity (Wildman–Crippen MR) is 120 cm³/mol. The summed E-state index contributed by atoms with van der Waals surface area (Å²) in [6, 6.07) is 4.95. The van der Waals surface area contributed by atoms with Gasteiger partial charge in [0.2, 0.25) is 11.8 Å². The quantitative estimate of drug-likeness (QED) is 0.612. The first-order chi connectivity index (χ1) is 14.7. The number of rotatable bonds is 3. The lowest BCUT2D eigenvalue weighted by atomic mass is 9.79. The minimum atomic E-state index is -0.662. The number of hydrogen-bond acceptors (Lipinski definition) is 5. The standard InChI is InChI=1S/C24H27BrN2O4/c1-24(2,3)21(28)20-19-18(22(29)26(23(19)30)12-15-5-4-10-31-15)17-8-6-13-11-14(25)7-9-16(13)27(17)20/h6-9,11,15,17-20H,4-5,10,12H2,1-3H3/t15-,17-,18+,19+,20-/m0/s1. The number of anilines is 1. The van der Waals surface area contributed by atoms with Crippen LogP contribution in [0, 0.1) is 17.3 Å². The second kappa shape index (κ2) is 7.27. The van der Waals surface area contributed by atoms with E-state index in [0.29, 0.717) is 13.2 Å². The molecule has 5 rings (SSSR count). The number of carbonyl (C=O) groups excluding carboxylic acids is 3. The van der Waals surface area contributed by atoms with Crippen molar-refractivity contribution in [2.24, 2.45) is 17.3 Å². The van der Waals surface area contributed by atoms with Crippen LogP contribution in [0.4, 0.5) is 5.69 Å². The third-order valence-corrected chi connectivity index (χ3v) is 7.47. The second-order valence-electron chi connectivity index (χ2n) is 9.99. The third kappa shape index (κ3) is 3.20. The summed E-state index contributed by atoms with van der Waals surface area (Å²) in [4.78, 5) is 44.1. The highest BCUT2D eigenvalue weighted by Gasteiger charge is 2.64. The first-order valence-corrected chi connectivity index (χ1v) is 11.7. The van der Waals surface area contributed by atoms with Gasteiger partial charge in [-0.3, -0.25) is 19.3 Å². The van der Waals surface area contributed by atoms with Crippen LogP contribution in [-0.4, -0.2) is 53.8 Å². The molecule has 164 valence electrons. The van der Waals surface area contributed by atoms with Crippen LogP contribution < -0.4 is 4.90 Å². The van der Waals surface area contributed by atoms with E-state index in [0.717, 1.165) is 28.6 Å². The molecule has 5 atom stereocenters. The molecule has 0 spiro atoms. The molecule has 0 radical (unpaired) electrons. The van der Waals surface area contributed by atoms with Gasteiger partial charge in [-0.05, 0) is 36.6 Å². The summed E-state index contributed by atoms with van der Waals surface area (Å²) < 4.78 is 6.63. The molecular weight excluding hydrogens is 460 g/mol. The molecule has 0 unspecified atom stereocenters. The van der Waals surface area contributed by atoms with E-state index < -0.39 is 23.3 Å². The van der Waals surface area contributed by atoms with Gasteiger partial charge < -0.3 is 9.64 Å². The molecule has 0 bridgehead atoms. The Kier molecular flexibility index (Phi) is 4.90. The van der Waals surface area contributed by atoms with Gasteiger partial charge in [-0.2, -0.15) is 0 Å². The summed E-state index contributed by atoms with van der Waals surface area (Å²) in [6.45, 7) is 6.60. The smallest absolute Gasteiger partial charge is 0.235 e. The minimum absolute atomic E-state index is 0.00529. The molecule has 7 heteroatoms. The summed E-state index contributed by atoms with van der Waals surface area (Å²) in [7, 11) is 0. The van der Waals surface area contributed by atoms with Gasteiger partial charge in [0.1, 0.15) is 6.04 Å². The van der Waals surface area contributed by atoms with Gasteiger partial charge in [0.05, 0.1) is 30.5 Å². The number of fused-ring (bicyclic) bond motifs is 5. The summed E-state index contributed by atoms with van der Waals surface area (Å²) in [5.41, 5.74) is 1.25. The number of imide groups is 1.